The number of hydrogen-bond donors (Lipinski definition) is 3. The van der Waals surface area contributed by atoms with E-state index in [1.807, 2.05) is 19.1 Å². The molecule has 0 heterocycles. The van der Waals surface area contributed by atoms with Gasteiger partial charge in [0.2, 0.25) is 0 Å². The van der Waals surface area contributed by atoms with E-state index in [9.17, 15) is 14.7 Å². The maximum Gasteiger partial charge on any atom is 0.412 e. The molecule has 27 heavy (non-hydrogen) atoms. The molecule has 0 spiro atoms. The molecule has 2 rings (SSSR count). The van der Waals surface area contributed by atoms with Crippen LogP contribution in [0.3, 0.4) is 0 Å². The molecule has 0 aliphatic heterocycles. The second-order valence-corrected chi connectivity index (χ2v) is 7.46. The number of phenolic OH excluding ortho intramolecular Hbond substituents is 1. The van der Waals surface area contributed by atoms with Crippen LogP contribution in [-0.2, 0) is 9.53 Å². The van der Waals surface area contributed by atoms with Gasteiger partial charge in [-0.2, -0.15) is 0 Å². The van der Waals surface area contributed by atoms with Gasteiger partial charge in [0.15, 0.2) is 0 Å². The summed E-state index contributed by atoms with van der Waals surface area (Å²) < 4.78 is 6.53. The van der Waals surface area contributed by atoms with Crippen LogP contribution in [0.4, 0.5) is 10.5 Å². The highest BCUT2D eigenvalue weighted by Gasteiger charge is 2.21. The van der Waals surface area contributed by atoms with Crippen molar-refractivity contribution in [2.24, 2.45) is 0 Å². The minimum absolute atomic E-state index is 0.0735. The van der Waals surface area contributed by atoms with Crippen LogP contribution in [0.25, 0.3) is 0 Å². The molecule has 1 amide bonds. The first-order chi connectivity index (χ1) is 12.8. The lowest BCUT2D eigenvalue weighted by Gasteiger charge is -2.19. The van der Waals surface area contributed by atoms with Crippen LogP contribution in [0.2, 0.25) is 0 Å². The summed E-state index contributed by atoms with van der Waals surface area (Å²) in [6.45, 7) is 1.93. The van der Waals surface area contributed by atoms with E-state index in [1.165, 1.54) is 6.08 Å². The van der Waals surface area contributed by atoms with Crippen LogP contribution in [0, 0.1) is 6.92 Å². The van der Waals surface area contributed by atoms with E-state index in [0.29, 0.717) is 20.2 Å². The van der Waals surface area contributed by atoms with E-state index in [2.05, 4.69) is 37.2 Å². The summed E-state index contributed by atoms with van der Waals surface area (Å²) in [5.74, 6) is -1.20. The second-order valence-electron chi connectivity index (χ2n) is 5.69. The lowest BCUT2D eigenvalue weighted by molar-refractivity contribution is -0.131. The molecule has 0 radical (unpaired) electrons. The minimum Gasteiger partial charge on any atom is -0.506 e. The van der Waals surface area contributed by atoms with Crippen LogP contribution in [-0.4, -0.2) is 22.3 Å². The molecule has 0 saturated carbocycles. The summed E-state index contributed by atoms with van der Waals surface area (Å²) in [5, 5.41) is 21.7. The Morgan fingerprint density at radius 2 is 1.89 bits per heavy atom. The summed E-state index contributed by atoms with van der Waals surface area (Å²) in [7, 11) is 0. The van der Waals surface area contributed by atoms with Gasteiger partial charge < -0.3 is 14.9 Å². The number of anilines is 1. The third-order valence-electron chi connectivity index (χ3n) is 3.56. The highest BCUT2D eigenvalue weighted by molar-refractivity contribution is 9.11. The SMILES string of the molecule is Cc1ccc(NC(=O)O[C@H](C/C=C/C(=O)O)c2cc(Br)cc(Br)c2O)cc1. The zero-order valence-electron chi connectivity index (χ0n) is 14.3. The van der Waals surface area contributed by atoms with Crippen molar-refractivity contribution in [2.75, 3.05) is 5.32 Å². The van der Waals surface area contributed by atoms with Crippen molar-refractivity contribution in [3.05, 3.63) is 68.6 Å². The van der Waals surface area contributed by atoms with E-state index >= 15 is 0 Å². The van der Waals surface area contributed by atoms with Gasteiger partial charge in [-0.1, -0.05) is 39.7 Å². The highest BCUT2D eigenvalue weighted by Crippen LogP contribution is 2.38. The van der Waals surface area contributed by atoms with Crippen LogP contribution in [0.1, 0.15) is 23.7 Å². The average Bonchev–Trinajstić information content (AvgIpc) is 2.59. The van der Waals surface area contributed by atoms with Gasteiger partial charge >= 0.3 is 12.1 Å². The molecule has 0 aromatic heterocycles. The standard InChI is InChI=1S/C19H17Br2NO5/c1-11-5-7-13(8-6-11)22-19(26)27-16(3-2-4-17(23)24)14-9-12(20)10-15(21)18(14)25/h2,4-10,16,25H,3H2,1H3,(H,22,26)(H,23,24)/b4-2+/t16-/m1/s1. The zero-order valence-corrected chi connectivity index (χ0v) is 17.5. The Bertz CT molecular complexity index is 865. The highest BCUT2D eigenvalue weighted by atomic mass is 79.9. The summed E-state index contributed by atoms with van der Waals surface area (Å²) in [5.41, 5.74) is 1.95. The molecular formula is C19H17Br2NO5. The van der Waals surface area contributed by atoms with E-state index in [0.717, 1.165) is 11.6 Å². The Kier molecular flexibility index (Phi) is 7.44. The Morgan fingerprint density at radius 3 is 2.52 bits per heavy atom. The number of amides is 1. The maximum absolute atomic E-state index is 12.3. The van der Waals surface area contributed by atoms with Gasteiger partial charge in [0.25, 0.3) is 0 Å². The van der Waals surface area contributed by atoms with Crippen molar-refractivity contribution < 1.29 is 24.5 Å². The zero-order chi connectivity index (χ0) is 20.0. The van der Waals surface area contributed by atoms with Gasteiger partial charge in [0, 0.05) is 28.2 Å². The number of carboxylic acid groups (broad SMARTS) is 1. The number of aromatic hydroxyl groups is 1. The summed E-state index contributed by atoms with van der Waals surface area (Å²) in [6.07, 6.45) is 0.783. The number of aryl methyl sites for hydroxylation is 1. The third kappa shape index (κ3) is 6.41. The van der Waals surface area contributed by atoms with E-state index in [1.54, 1.807) is 24.3 Å². The molecule has 0 aliphatic rings. The van der Waals surface area contributed by atoms with Gasteiger partial charge in [-0.05, 0) is 47.1 Å². The third-order valence-corrected chi connectivity index (χ3v) is 4.62. The molecule has 2 aromatic rings. The van der Waals surface area contributed by atoms with Crippen molar-refractivity contribution in [1.82, 2.24) is 0 Å². The molecule has 1 atom stereocenters. The van der Waals surface area contributed by atoms with E-state index < -0.39 is 18.2 Å². The van der Waals surface area contributed by atoms with E-state index in [4.69, 9.17) is 9.84 Å². The Morgan fingerprint density at radius 1 is 1.22 bits per heavy atom. The van der Waals surface area contributed by atoms with E-state index in [-0.39, 0.29) is 12.2 Å². The molecular weight excluding hydrogens is 482 g/mol. The Balaban J connectivity index is 2.23. The number of ether oxygens (including phenoxy) is 1. The number of benzene rings is 2. The molecule has 0 bridgehead atoms. The first-order valence-electron chi connectivity index (χ1n) is 7.88. The van der Waals surface area contributed by atoms with Crippen molar-refractivity contribution in [2.45, 2.75) is 19.4 Å². The number of aliphatic carboxylic acids is 1. The number of hydrogen-bond acceptors (Lipinski definition) is 4. The van der Waals surface area contributed by atoms with Crippen molar-refractivity contribution in [1.29, 1.82) is 0 Å². The van der Waals surface area contributed by atoms with Crippen molar-refractivity contribution in [3.8, 4) is 5.75 Å². The molecule has 8 heteroatoms. The molecule has 0 unspecified atom stereocenters. The van der Waals surface area contributed by atoms with Crippen LogP contribution >= 0.6 is 31.9 Å². The number of nitrogens with one attached hydrogen (secondary N) is 1. The smallest absolute Gasteiger partial charge is 0.412 e. The predicted molar refractivity (Wildman–Crippen MR) is 109 cm³/mol. The molecule has 6 nitrogen and oxygen atoms in total. The quantitative estimate of drug-likeness (QED) is 0.454. The van der Waals surface area contributed by atoms with Gasteiger partial charge in [-0.3, -0.25) is 5.32 Å². The minimum atomic E-state index is -1.11. The van der Waals surface area contributed by atoms with Crippen LogP contribution in [0.15, 0.2) is 57.5 Å². The second kappa shape index (κ2) is 9.57. The first-order valence-corrected chi connectivity index (χ1v) is 9.46. The average molecular weight is 499 g/mol. The molecule has 2 aromatic carbocycles. The molecule has 0 fully saturated rings. The molecule has 3 N–H and O–H groups in total. The molecule has 0 aliphatic carbocycles. The number of carbonyl (C=O) groups excluding carboxylic acids is 1. The number of carbonyl (C=O) groups is 2. The Hall–Kier alpha value is -2.32. The number of carboxylic acids is 1. The van der Waals surface area contributed by atoms with Gasteiger partial charge in [-0.25, -0.2) is 9.59 Å². The molecule has 0 saturated heterocycles. The monoisotopic (exact) mass is 497 g/mol. The fourth-order valence-electron chi connectivity index (χ4n) is 2.28. The summed E-state index contributed by atoms with van der Waals surface area (Å²) >= 11 is 6.56. The molecule has 142 valence electrons. The van der Waals surface area contributed by atoms with Gasteiger partial charge in [0.1, 0.15) is 11.9 Å². The van der Waals surface area contributed by atoms with Crippen LogP contribution in [0.5, 0.6) is 5.75 Å². The van der Waals surface area contributed by atoms with Gasteiger partial charge in [-0.15, -0.1) is 0 Å². The van der Waals surface area contributed by atoms with Gasteiger partial charge in [0.05, 0.1) is 4.47 Å². The fraction of sp³-hybridized carbons (Fsp3) is 0.158. The number of halogens is 2. The Labute approximate surface area is 173 Å². The van der Waals surface area contributed by atoms with Crippen molar-refractivity contribution >= 4 is 49.6 Å². The lowest BCUT2D eigenvalue weighted by Crippen LogP contribution is -2.17. The topological polar surface area (TPSA) is 95.9 Å². The van der Waals surface area contributed by atoms with Crippen molar-refractivity contribution in [3.63, 3.8) is 0 Å². The summed E-state index contributed by atoms with van der Waals surface area (Å²) in [4.78, 5) is 23.0. The lowest BCUT2D eigenvalue weighted by atomic mass is 10.0. The number of rotatable bonds is 6. The number of phenols is 1. The maximum atomic E-state index is 12.3. The summed E-state index contributed by atoms with van der Waals surface area (Å²) in [6, 6.07) is 10.4. The fourth-order valence-corrected chi connectivity index (χ4v) is 3.53. The first kappa shape index (κ1) is 21.0. The normalized spacial score (nSPS) is 12.0. The predicted octanol–water partition coefficient (Wildman–Crippen LogP) is 5.55. The largest absolute Gasteiger partial charge is 0.506 e. The van der Waals surface area contributed by atoms with Crippen LogP contribution < -0.4 is 5.32 Å².